The van der Waals surface area contributed by atoms with Crippen molar-refractivity contribution in [2.24, 2.45) is 7.05 Å². The number of hydrogen-bond acceptors (Lipinski definition) is 7. The average molecular weight is 551 g/mol. The molecule has 2 aliphatic heterocycles. The average Bonchev–Trinajstić information content (AvgIpc) is 3.49. The number of nitrogens with one attached hydrogen (secondary N) is 1. The SMILES string of the molecule is CN1CCn2nc(Nc3cc(-c4ccnc(N5CCn6c(cc7c6C6CCC76)C5=O)c4C=O)cn(C)c3=O)cc2C1. The van der Waals surface area contributed by atoms with Crippen LogP contribution in [0.4, 0.5) is 17.3 Å². The van der Waals surface area contributed by atoms with Crippen molar-refractivity contribution in [2.75, 3.05) is 30.4 Å². The number of rotatable bonds is 5. The number of amides is 1. The second kappa shape index (κ2) is 8.74. The Kier molecular flexibility index (Phi) is 5.18. The topological polar surface area (TPSA) is 110 Å². The molecule has 1 amide bonds. The van der Waals surface area contributed by atoms with E-state index in [1.165, 1.54) is 28.7 Å². The number of anilines is 3. The van der Waals surface area contributed by atoms with Gasteiger partial charge in [0.15, 0.2) is 12.1 Å². The van der Waals surface area contributed by atoms with E-state index < -0.39 is 0 Å². The van der Waals surface area contributed by atoms with Crippen LogP contribution < -0.4 is 15.8 Å². The number of aryl methyl sites for hydroxylation is 1. The van der Waals surface area contributed by atoms with Crippen molar-refractivity contribution in [3.63, 3.8) is 0 Å². The molecule has 1 N–H and O–H groups in total. The first-order valence-electron chi connectivity index (χ1n) is 14.1. The van der Waals surface area contributed by atoms with Crippen molar-refractivity contribution >= 4 is 29.5 Å². The molecule has 2 atom stereocenters. The number of carbonyl (C=O) groups is 2. The highest BCUT2D eigenvalue weighted by molar-refractivity contribution is 6.09. The summed E-state index contributed by atoms with van der Waals surface area (Å²) in [5.41, 5.74) is 6.14. The van der Waals surface area contributed by atoms with Crippen molar-refractivity contribution in [1.82, 2.24) is 28.8 Å². The summed E-state index contributed by atoms with van der Waals surface area (Å²) in [6.07, 6.45) is 6.48. The van der Waals surface area contributed by atoms with Crippen LogP contribution in [0.25, 0.3) is 11.1 Å². The molecular formula is C30H30N8O3. The smallest absolute Gasteiger partial charge is 0.276 e. The van der Waals surface area contributed by atoms with E-state index in [1.54, 1.807) is 36.5 Å². The van der Waals surface area contributed by atoms with Crippen molar-refractivity contribution in [2.45, 2.75) is 44.3 Å². The van der Waals surface area contributed by atoms with E-state index in [2.05, 4.69) is 31.9 Å². The lowest BCUT2D eigenvalue weighted by molar-refractivity contribution is 0.0962. The zero-order valence-electron chi connectivity index (χ0n) is 23.0. The molecule has 4 aliphatic rings. The van der Waals surface area contributed by atoms with E-state index in [0.29, 0.717) is 64.6 Å². The van der Waals surface area contributed by atoms with Gasteiger partial charge < -0.3 is 14.5 Å². The Hall–Kier alpha value is -4.51. The van der Waals surface area contributed by atoms with Crippen LogP contribution in [0.5, 0.6) is 0 Å². The number of aromatic nitrogens is 5. The Balaban J connectivity index is 1.15. The minimum absolute atomic E-state index is 0.130. The highest BCUT2D eigenvalue weighted by Crippen LogP contribution is 2.60. The molecule has 0 bridgehead atoms. The zero-order chi connectivity index (χ0) is 28.0. The van der Waals surface area contributed by atoms with E-state index in [0.717, 1.165) is 31.6 Å². The van der Waals surface area contributed by atoms with E-state index in [9.17, 15) is 14.4 Å². The number of fused-ring (bicyclic) bond motifs is 7. The van der Waals surface area contributed by atoms with Gasteiger partial charge in [0, 0.05) is 68.9 Å². The Morgan fingerprint density at radius 2 is 1.88 bits per heavy atom. The van der Waals surface area contributed by atoms with Crippen molar-refractivity contribution < 1.29 is 9.59 Å². The fraction of sp³-hybridized carbons (Fsp3) is 0.367. The summed E-state index contributed by atoms with van der Waals surface area (Å²) >= 11 is 0. The van der Waals surface area contributed by atoms with Gasteiger partial charge in [-0.15, -0.1) is 0 Å². The normalized spacial score (nSPS) is 20.8. The Bertz CT molecular complexity index is 1830. The fourth-order valence-electron chi connectivity index (χ4n) is 7.05. The highest BCUT2D eigenvalue weighted by atomic mass is 16.2. The van der Waals surface area contributed by atoms with Gasteiger partial charge in [-0.3, -0.25) is 28.9 Å². The molecule has 41 heavy (non-hydrogen) atoms. The van der Waals surface area contributed by atoms with Gasteiger partial charge in [-0.05, 0) is 55.1 Å². The van der Waals surface area contributed by atoms with Gasteiger partial charge >= 0.3 is 0 Å². The lowest BCUT2D eigenvalue weighted by Crippen LogP contribution is -2.43. The number of carbonyl (C=O) groups excluding carboxylic acids is 2. The largest absolute Gasteiger partial charge is 0.338 e. The predicted octanol–water partition coefficient (Wildman–Crippen LogP) is 3.08. The number of aldehydes is 1. The first kappa shape index (κ1) is 24.3. The number of pyridine rings is 2. The molecule has 4 aromatic rings. The summed E-state index contributed by atoms with van der Waals surface area (Å²) in [6.45, 7) is 3.62. The number of nitrogens with zero attached hydrogens (tertiary/aromatic N) is 7. The third-order valence-electron chi connectivity index (χ3n) is 9.29. The third kappa shape index (κ3) is 3.51. The first-order valence-corrected chi connectivity index (χ1v) is 14.1. The minimum atomic E-state index is -0.211. The van der Waals surface area contributed by atoms with E-state index in [4.69, 9.17) is 0 Å². The lowest BCUT2D eigenvalue weighted by atomic mass is 9.59. The maximum atomic E-state index is 13.7. The zero-order valence-corrected chi connectivity index (χ0v) is 23.0. The maximum absolute atomic E-state index is 13.7. The third-order valence-corrected chi connectivity index (χ3v) is 9.29. The van der Waals surface area contributed by atoms with Gasteiger partial charge in [0.25, 0.3) is 11.5 Å². The van der Waals surface area contributed by atoms with Gasteiger partial charge in [-0.25, -0.2) is 4.98 Å². The van der Waals surface area contributed by atoms with Crippen LogP contribution in [-0.2, 0) is 26.7 Å². The van der Waals surface area contributed by atoms with Crippen LogP contribution in [0.15, 0.2) is 41.5 Å². The molecule has 1 fully saturated rings. The molecule has 0 spiro atoms. The molecule has 6 heterocycles. The van der Waals surface area contributed by atoms with Gasteiger partial charge in [0.05, 0.1) is 17.8 Å². The van der Waals surface area contributed by atoms with Crippen molar-refractivity contribution in [1.29, 1.82) is 0 Å². The van der Waals surface area contributed by atoms with Gasteiger partial charge in [0.1, 0.15) is 17.2 Å². The monoisotopic (exact) mass is 550 g/mol. The van der Waals surface area contributed by atoms with Crippen LogP contribution in [0.2, 0.25) is 0 Å². The van der Waals surface area contributed by atoms with E-state index in [1.807, 2.05) is 16.8 Å². The summed E-state index contributed by atoms with van der Waals surface area (Å²) < 4.78 is 5.62. The predicted molar refractivity (Wildman–Crippen MR) is 153 cm³/mol. The lowest BCUT2D eigenvalue weighted by Gasteiger charge is -2.47. The molecule has 4 aromatic heterocycles. The molecule has 2 unspecified atom stereocenters. The maximum Gasteiger partial charge on any atom is 0.276 e. The second-order valence-corrected chi connectivity index (χ2v) is 11.6. The molecule has 2 aliphatic carbocycles. The Morgan fingerprint density at radius 3 is 2.68 bits per heavy atom. The molecule has 208 valence electrons. The molecule has 11 heteroatoms. The van der Waals surface area contributed by atoms with Crippen molar-refractivity contribution in [3.05, 3.63) is 75.2 Å². The van der Waals surface area contributed by atoms with Crippen LogP contribution in [-0.4, -0.2) is 61.1 Å². The molecule has 1 saturated carbocycles. The Labute approximate surface area is 236 Å². The van der Waals surface area contributed by atoms with Crippen molar-refractivity contribution in [3.8, 4) is 11.1 Å². The van der Waals surface area contributed by atoms with E-state index >= 15 is 0 Å². The summed E-state index contributed by atoms with van der Waals surface area (Å²) in [4.78, 5) is 47.7. The van der Waals surface area contributed by atoms with Gasteiger partial charge in [-0.2, -0.15) is 5.10 Å². The van der Waals surface area contributed by atoms with E-state index in [-0.39, 0.29) is 11.5 Å². The molecule has 0 aromatic carbocycles. The van der Waals surface area contributed by atoms with Gasteiger partial charge in [0.2, 0.25) is 0 Å². The standard InChI is InChI=1S/C30H30N8O3/c1-34-7-10-38-18(15-34)12-26(33-38)32-24-11-17(14-35(2)29(24)40)19-5-6-31-28(23(19)16-39)37-9-8-36-25(30(37)41)13-22-20-3-4-21(20)27(22)36/h5-6,11-14,16,20-21H,3-4,7-10,15H2,1-2H3,(H,32,33). The summed E-state index contributed by atoms with van der Waals surface area (Å²) in [5, 5.41) is 7.83. The molecule has 0 radical (unpaired) electrons. The molecule has 0 saturated heterocycles. The van der Waals surface area contributed by atoms with Crippen LogP contribution in [0.3, 0.4) is 0 Å². The summed E-state index contributed by atoms with van der Waals surface area (Å²) in [7, 11) is 3.75. The summed E-state index contributed by atoms with van der Waals surface area (Å²) in [6, 6.07) is 7.49. The van der Waals surface area contributed by atoms with Crippen LogP contribution in [0.1, 0.15) is 62.5 Å². The minimum Gasteiger partial charge on any atom is -0.338 e. The first-order chi connectivity index (χ1) is 19.9. The Morgan fingerprint density at radius 1 is 1.02 bits per heavy atom. The quantitative estimate of drug-likeness (QED) is 0.380. The van der Waals surface area contributed by atoms with Gasteiger partial charge in [-0.1, -0.05) is 0 Å². The number of likely N-dealkylation sites (N-methyl/N-ethyl adjacent to an activating group) is 1. The second-order valence-electron chi connectivity index (χ2n) is 11.6. The number of hydrogen-bond donors (Lipinski definition) is 1. The fourth-order valence-corrected chi connectivity index (χ4v) is 7.05. The molecular weight excluding hydrogens is 520 g/mol. The van der Waals surface area contributed by atoms with Crippen LogP contribution >= 0.6 is 0 Å². The molecule has 11 nitrogen and oxygen atoms in total. The highest BCUT2D eigenvalue weighted by Gasteiger charge is 2.49. The van der Waals surface area contributed by atoms with Crippen LogP contribution in [0, 0.1) is 0 Å². The summed E-state index contributed by atoms with van der Waals surface area (Å²) in [5.74, 6) is 2.02. The molecule has 8 rings (SSSR count).